The van der Waals surface area contributed by atoms with Crippen LogP contribution in [0.2, 0.25) is 5.02 Å². The Morgan fingerprint density at radius 1 is 0.886 bits per heavy atom. The Hall–Kier alpha value is -6.60. The van der Waals surface area contributed by atoms with Gasteiger partial charge in [0, 0.05) is 70.6 Å². The van der Waals surface area contributed by atoms with Crippen molar-refractivity contribution in [3.8, 4) is 26.6 Å². The van der Waals surface area contributed by atoms with E-state index >= 15 is 0 Å². The topological polar surface area (TPSA) is 197 Å². The Morgan fingerprint density at radius 3 is 2.33 bits per heavy atom. The van der Waals surface area contributed by atoms with Gasteiger partial charge in [-0.05, 0) is 81.5 Å². The van der Waals surface area contributed by atoms with E-state index in [2.05, 4.69) is 55.1 Å². The van der Waals surface area contributed by atoms with Crippen molar-refractivity contribution >= 4 is 63.5 Å². The summed E-state index contributed by atoms with van der Waals surface area (Å²) in [6.45, 7) is 14.7. The van der Waals surface area contributed by atoms with Crippen molar-refractivity contribution in [1.82, 2.24) is 50.0 Å². The first kappa shape index (κ1) is 48.4. The third-order valence-electron chi connectivity index (χ3n) is 13.0. The number of rotatable bonds is 15. The molecule has 0 radical (unpaired) electrons. The third-order valence-corrected chi connectivity index (χ3v) is 15.4. The SMILES string of the molecule is Cc1ncsc1-c1ccc([C@H](C)NC(=O)[C@@H]2C[C@@H](O)CN2C(=O)[C@H](C(C)C)n2cc(-c3ccc(NCCNC(=O)C[C@@H]4N=C(c5ccc(Cl)cc5)c5c(sc(C)c5C)-n5c(C)nnc54)nc3)cn2)cc1. The van der Waals surface area contributed by atoms with Gasteiger partial charge in [0.05, 0.1) is 46.6 Å². The Morgan fingerprint density at radius 2 is 1.63 bits per heavy atom. The second-order valence-electron chi connectivity index (χ2n) is 18.2. The van der Waals surface area contributed by atoms with Gasteiger partial charge in [0.1, 0.15) is 34.8 Å². The van der Waals surface area contributed by atoms with Crippen molar-refractivity contribution in [3.05, 3.63) is 134 Å². The normalized spacial score (nSPS) is 17.4. The average molecular weight is 1000 g/mol. The molecular formula is C51H55ClN12O4S2. The number of likely N-dealkylation sites (tertiary alicyclic amines) is 1. The highest BCUT2D eigenvalue weighted by Gasteiger charge is 2.43. The number of hydrogen-bond acceptors (Lipinski definition) is 13. The predicted molar refractivity (Wildman–Crippen MR) is 274 cm³/mol. The molecule has 0 saturated carbocycles. The summed E-state index contributed by atoms with van der Waals surface area (Å²) in [7, 11) is 0. The fraction of sp³-hybridized carbons (Fsp3) is 0.353. The molecule has 2 aliphatic rings. The summed E-state index contributed by atoms with van der Waals surface area (Å²) in [6.07, 6.45) is 4.61. The summed E-state index contributed by atoms with van der Waals surface area (Å²) < 4.78 is 3.66. The number of carbonyl (C=O) groups is 3. The van der Waals surface area contributed by atoms with Crippen molar-refractivity contribution in [2.45, 2.75) is 91.6 Å². The molecule has 0 bridgehead atoms. The van der Waals surface area contributed by atoms with Crippen molar-refractivity contribution < 1.29 is 19.5 Å². The molecule has 1 saturated heterocycles. The van der Waals surface area contributed by atoms with E-state index in [9.17, 15) is 19.5 Å². The fourth-order valence-corrected chi connectivity index (χ4v) is 11.3. The van der Waals surface area contributed by atoms with Gasteiger partial charge in [-0.15, -0.1) is 32.9 Å². The van der Waals surface area contributed by atoms with Gasteiger partial charge < -0.3 is 26.0 Å². The van der Waals surface area contributed by atoms with E-state index in [-0.39, 0.29) is 49.1 Å². The lowest BCUT2D eigenvalue weighted by molar-refractivity contribution is -0.142. The number of anilines is 1. The van der Waals surface area contributed by atoms with Crippen molar-refractivity contribution in [1.29, 1.82) is 0 Å². The van der Waals surface area contributed by atoms with Crippen LogP contribution in [0.1, 0.15) is 96.2 Å². The molecule has 0 aliphatic carbocycles. The van der Waals surface area contributed by atoms with Crippen LogP contribution in [-0.4, -0.2) is 99.7 Å². The minimum Gasteiger partial charge on any atom is -0.391 e. The molecule has 4 N–H and O–H groups in total. The van der Waals surface area contributed by atoms with Crippen LogP contribution in [0.5, 0.6) is 0 Å². The number of nitrogens with zero attached hydrogens (tertiary/aromatic N) is 9. The molecule has 7 heterocycles. The van der Waals surface area contributed by atoms with Gasteiger partial charge in [0.2, 0.25) is 17.7 Å². The van der Waals surface area contributed by atoms with Crippen molar-refractivity contribution in [3.63, 3.8) is 0 Å². The number of aliphatic imine (C=N–C) groups is 1. The van der Waals surface area contributed by atoms with Crippen LogP contribution in [0.15, 0.2) is 89.8 Å². The Bertz CT molecular complexity index is 3070. The standard InChI is InChI=1S/C51H55ClN12O4S2/c1-27(2)46(50(68)62-25-39(65)20-41(62)49(67)58-29(4)33-8-10-35(11-9-33)47-30(5)56-26-69-47)63-24-37(23-57-63)36-14-17-42(55-22-36)53-18-19-54-43(66)21-40-48-61-60-32(7)64(48)51-44(28(3)31(6)70-51)45(59-40)34-12-15-38(52)16-13-34/h8-17,22-24,26-27,29,39-41,46,65H,18-21,25H2,1-7H3,(H,53,55)(H,54,66)(H,58,67)/t29-,39+,40-,41-,46-/m0/s1. The first-order valence-corrected chi connectivity index (χ1v) is 25.4. The number of nitrogens with one attached hydrogen (secondary N) is 3. The summed E-state index contributed by atoms with van der Waals surface area (Å²) in [5, 5.41) is 35.3. The predicted octanol–water partition coefficient (Wildman–Crippen LogP) is 8.14. The number of carbonyl (C=O) groups excluding carboxylic acids is 3. The molecule has 5 aromatic heterocycles. The van der Waals surface area contributed by atoms with Gasteiger partial charge in [-0.25, -0.2) is 9.97 Å². The molecule has 70 heavy (non-hydrogen) atoms. The first-order chi connectivity index (χ1) is 33.6. The number of aromatic nitrogens is 7. The van der Waals surface area contributed by atoms with E-state index in [1.165, 1.54) is 9.78 Å². The molecule has 362 valence electrons. The lowest BCUT2D eigenvalue weighted by Gasteiger charge is -2.30. The van der Waals surface area contributed by atoms with Crippen LogP contribution in [0.3, 0.4) is 0 Å². The van der Waals surface area contributed by atoms with Crippen molar-refractivity contribution in [2.24, 2.45) is 10.9 Å². The molecule has 2 aliphatic heterocycles. The molecule has 5 atom stereocenters. The van der Waals surface area contributed by atoms with E-state index in [1.807, 2.05) is 112 Å². The summed E-state index contributed by atoms with van der Waals surface area (Å²) >= 11 is 9.51. The van der Waals surface area contributed by atoms with Gasteiger partial charge in [0.25, 0.3) is 0 Å². The molecule has 0 spiro atoms. The van der Waals surface area contributed by atoms with Crippen LogP contribution in [-0.2, 0) is 14.4 Å². The minimum absolute atomic E-state index is 0.0499. The zero-order valence-corrected chi connectivity index (χ0v) is 42.4. The number of pyridine rings is 1. The Balaban J connectivity index is 0.802. The molecule has 3 amide bonds. The summed E-state index contributed by atoms with van der Waals surface area (Å²) in [5.74, 6) is 1.01. The fourth-order valence-electron chi connectivity index (χ4n) is 9.16. The van der Waals surface area contributed by atoms with E-state index in [0.29, 0.717) is 29.8 Å². The van der Waals surface area contributed by atoms with Crippen LogP contribution in [0.25, 0.3) is 26.6 Å². The smallest absolute Gasteiger partial charge is 0.248 e. The van der Waals surface area contributed by atoms with Crippen LogP contribution >= 0.6 is 34.3 Å². The quantitative estimate of drug-likeness (QED) is 0.0728. The van der Waals surface area contributed by atoms with Crippen molar-refractivity contribution in [2.75, 3.05) is 25.0 Å². The number of benzene rings is 2. The number of aryl methyl sites for hydroxylation is 3. The third kappa shape index (κ3) is 9.90. The Kier molecular flexibility index (Phi) is 14.1. The number of thiazole rings is 1. The molecule has 16 nitrogen and oxygen atoms in total. The number of thiophene rings is 1. The summed E-state index contributed by atoms with van der Waals surface area (Å²) in [5.41, 5.74) is 10.2. The average Bonchev–Trinajstić information content (AvgIpc) is 4.19. The van der Waals surface area contributed by atoms with Crippen LogP contribution in [0.4, 0.5) is 5.82 Å². The van der Waals surface area contributed by atoms with Gasteiger partial charge in [-0.1, -0.05) is 61.8 Å². The summed E-state index contributed by atoms with van der Waals surface area (Å²) in [4.78, 5) is 59.6. The maximum atomic E-state index is 14.3. The maximum Gasteiger partial charge on any atom is 0.248 e. The van der Waals surface area contributed by atoms with Gasteiger partial charge in [-0.3, -0.25) is 28.6 Å². The number of fused-ring (bicyclic) bond motifs is 3. The number of hydrogen-bond donors (Lipinski definition) is 4. The molecule has 9 rings (SSSR count). The molecule has 7 aromatic rings. The van der Waals surface area contributed by atoms with Gasteiger partial charge in [0.15, 0.2) is 5.82 Å². The molecule has 19 heteroatoms. The number of β-amino-alcohol motifs (C(OH)–C–C–N with tert-alkyl or cyclic N) is 1. The number of halogens is 1. The highest BCUT2D eigenvalue weighted by atomic mass is 35.5. The van der Waals surface area contributed by atoms with Crippen LogP contribution in [0, 0.1) is 33.6 Å². The molecular weight excluding hydrogens is 944 g/mol. The largest absolute Gasteiger partial charge is 0.391 e. The van der Waals surface area contributed by atoms with E-state index < -0.39 is 24.2 Å². The maximum absolute atomic E-state index is 14.3. The number of aliphatic hydroxyl groups excluding tert-OH is 1. The second-order valence-corrected chi connectivity index (χ2v) is 20.7. The highest BCUT2D eigenvalue weighted by Crippen LogP contribution is 2.40. The number of aliphatic hydroxyl groups is 1. The highest BCUT2D eigenvalue weighted by molar-refractivity contribution is 7.15. The lowest BCUT2D eigenvalue weighted by atomic mass is 9.99. The summed E-state index contributed by atoms with van der Waals surface area (Å²) in [6, 6.07) is 16.9. The minimum atomic E-state index is -0.834. The second kappa shape index (κ2) is 20.4. The van der Waals surface area contributed by atoms with E-state index in [0.717, 1.165) is 66.1 Å². The monoisotopic (exact) mass is 998 g/mol. The number of amides is 3. The van der Waals surface area contributed by atoms with Gasteiger partial charge in [-0.2, -0.15) is 5.10 Å². The zero-order valence-electron chi connectivity index (χ0n) is 40.0. The van der Waals surface area contributed by atoms with E-state index in [4.69, 9.17) is 16.6 Å². The molecule has 1 fully saturated rings. The van der Waals surface area contributed by atoms with E-state index in [1.54, 1.807) is 39.7 Å². The first-order valence-electron chi connectivity index (χ1n) is 23.3. The molecule has 2 aromatic carbocycles. The Labute approximate surface area is 419 Å². The van der Waals surface area contributed by atoms with Gasteiger partial charge >= 0.3 is 0 Å². The van der Waals surface area contributed by atoms with Crippen LogP contribution < -0.4 is 16.0 Å². The molecule has 0 unspecified atom stereocenters. The zero-order chi connectivity index (χ0) is 49.4. The lowest BCUT2D eigenvalue weighted by Crippen LogP contribution is -2.49.